The highest BCUT2D eigenvalue weighted by atomic mass is 19.1. The lowest BCUT2D eigenvalue weighted by Crippen LogP contribution is -2.30. The zero-order chi connectivity index (χ0) is 12.7. The maximum Gasteiger partial charge on any atom is 0.126 e. The van der Waals surface area contributed by atoms with Crippen LogP contribution in [-0.2, 0) is 0 Å². The second-order valence-corrected chi connectivity index (χ2v) is 5.71. The first-order valence-corrected chi connectivity index (χ1v) is 6.92. The van der Waals surface area contributed by atoms with Crippen molar-refractivity contribution in [2.45, 2.75) is 38.3 Å². The Balaban J connectivity index is 1.92. The molecule has 0 aromatic heterocycles. The Morgan fingerprint density at radius 2 is 2.11 bits per heavy atom. The summed E-state index contributed by atoms with van der Waals surface area (Å²) < 4.78 is 13.8. The van der Waals surface area contributed by atoms with Crippen LogP contribution in [-0.4, -0.2) is 24.0 Å². The second-order valence-electron chi connectivity index (χ2n) is 5.71. The molecule has 2 nitrogen and oxygen atoms in total. The third-order valence-electron chi connectivity index (χ3n) is 4.42. The van der Waals surface area contributed by atoms with E-state index in [1.165, 1.54) is 12.8 Å². The van der Waals surface area contributed by atoms with Crippen LogP contribution in [0.1, 0.15) is 36.4 Å². The van der Waals surface area contributed by atoms with Crippen molar-refractivity contribution in [1.82, 2.24) is 4.90 Å². The van der Waals surface area contributed by atoms with Gasteiger partial charge in [0.05, 0.1) is 0 Å². The molecule has 3 rings (SSSR count). The first-order valence-electron chi connectivity index (χ1n) is 6.92. The van der Waals surface area contributed by atoms with Crippen molar-refractivity contribution < 1.29 is 4.39 Å². The lowest BCUT2D eigenvalue weighted by molar-refractivity contribution is 0.220. The molecule has 1 aliphatic heterocycles. The van der Waals surface area contributed by atoms with Crippen LogP contribution in [0.5, 0.6) is 0 Å². The molecule has 1 saturated carbocycles. The van der Waals surface area contributed by atoms with E-state index < -0.39 is 0 Å². The van der Waals surface area contributed by atoms with Gasteiger partial charge < -0.3 is 5.73 Å². The van der Waals surface area contributed by atoms with E-state index in [1.54, 1.807) is 6.07 Å². The fourth-order valence-electron chi connectivity index (χ4n) is 3.20. The van der Waals surface area contributed by atoms with Gasteiger partial charge in [0.2, 0.25) is 0 Å². The topological polar surface area (TPSA) is 29.3 Å². The molecule has 0 radical (unpaired) electrons. The predicted molar refractivity (Wildman–Crippen MR) is 70.8 cm³/mol. The molecule has 18 heavy (non-hydrogen) atoms. The van der Waals surface area contributed by atoms with Crippen LogP contribution in [0.3, 0.4) is 0 Å². The summed E-state index contributed by atoms with van der Waals surface area (Å²) >= 11 is 0. The monoisotopic (exact) mass is 248 g/mol. The number of halogens is 1. The van der Waals surface area contributed by atoms with E-state index in [4.69, 9.17) is 5.73 Å². The fraction of sp³-hybridized carbons (Fsp3) is 0.600. The Hall–Kier alpha value is -0.930. The van der Waals surface area contributed by atoms with Gasteiger partial charge in [-0.15, -0.1) is 0 Å². The number of hydrogen-bond acceptors (Lipinski definition) is 2. The van der Waals surface area contributed by atoms with Crippen molar-refractivity contribution in [1.29, 1.82) is 0 Å². The fourth-order valence-corrected chi connectivity index (χ4v) is 3.20. The summed E-state index contributed by atoms with van der Waals surface area (Å²) in [6.07, 6.45) is 3.73. The average molecular weight is 248 g/mol. The summed E-state index contributed by atoms with van der Waals surface area (Å²) in [7, 11) is 0. The van der Waals surface area contributed by atoms with E-state index in [-0.39, 0.29) is 5.82 Å². The summed E-state index contributed by atoms with van der Waals surface area (Å²) in [6.45, 7) is 3.63. The van der Waals surface area contributed by atoms with E-state index in [1.807, 2.05) is 13.0 Å². The summed E-state index contributed by atoms with van der Waals surface area (Å²) in [6, 6.07) is 6.73. The molecule has 2 unspecified atom stereocenters. The number of benzene rings is 1. The van der Waals surface area contributed by atoms with Gasteiger partial charge in [0.1, 0.15) is 5.82 Å². The van der Waals surface area contributed by atoms with Crippen LogP contribution in [0.4, 0.5) is 4.39 Å². The Morgan fingerprint density at radius 1 is 1.33 bits per heavy atom. The van der Waals surface area contributed by atoms with Crippen LogP contribution in [0.15, 0.2) is 18.2 Å². The Kier molecular flexibility index (Phi) is 3.12. The number of rotatable bonds is 3. The van der Waals surface area contributed by atoms with Gasteiger partial charge in [-0.3, -0.25) is 4.90 Å². The molecule has 1 aromatic carbocycles. The predicted octanol–water partition coefficient (Wildman–Crippen LogP) is 2.62. The van der Waals surface area contributed by atoms with Crippen LogP contribution in [0.25, 0.3) is 0 Å². The summed E-state index contributed by atoms with van der Waals surface area (Å²) in [5.74, 6) is 0.388. The molecular formula is C15H21FN2. The van der Waals surface area contributed by atoms with E-state index in [2.05, 4.69) is 11.0 Å². The Labute approximate surface area is 108 Å². The largest absolute Gasteiger partial charge is 0.330 e. The first-order chi connectivity index (χ1) is 8.70. The molecular weight excluding hydrogens is 227 g/mol. The molecule has 1 aliphatic carbocycles. The molecule has 1 aromatic rings. The van der Waals surface area contributed by atoms with Crippen LogP contribution < -0.4 is 5.73 Å². The quantitative estimate of drug-likeness (QED) is 0.891. The number of nitrogens with two attached hydrogens (primary N) is 1. The zero-order valence-electron chi connectivity index (χ0n) is 10.9. The smallest absolute Gasteiger partial charge is 0.126 e. The van der Waals surface area contributed by atoms with Gasteiger partial charge in [-0.2, -0.15) is 0 Å². The van der Waals surface area contributed by atoms with Gasteiger partial charge >= 0.3 is 0 Å². The molecule has 2 atom stereocenters. The highest BCUT2D eigenvalue weighted by Crippen LogP contribution is 2.43. The number of aryl methyl sites for hydroxylation is 1. The van der Waals surface area contributed by atoms with Crippen LogP contribution in [0.2, 0.25) is 0 Å². The number of hydrogen-bond donors (Lipinski definition) is 1. The normalized spacial score (nSPS) is 28.8. The van der Waals surface area contributed by atoms with Crippen molar-refractivity contribution in [2.24, 2.45) is 11.7 Å². The molecule has 2 aliphatic rings. The van der Waals surface area contributed by atoms with Gasteiger partial charge in [0.25, 0.3) is 0 Å². The van der Waals surface area contributed by atoms with E-state index in [0.717, 1.165) is 30.1 Å². The number of nitrogens with zero attached hydrogens (tertiary/aromatic N) is 1. The lowest BCUT2D eigenvalue weighted by Gasteiger charge is -2.28. The van der Waals surface area contributed by atoms with Crippen LogP contribution >= 0.6 is 0 Å². The molecule has 2 N–H and O–H groups in total. The van der Waals surface area contributed by atoms with Crippen molar-refractivity contribution in [3.63, 3.8) is 0 Å². The molecule has 2 fully saturated rings. The molecule has 98 valence electrons. The van der Waals surface area contributed by atoms with Gasteiger partial charge in [-0.05, 0) is 62.4 Å². The average Bonchev–Trinajstić information content (AvgIpc) is 3.12. The second kappa shape index (κ2) is 4.63. The summed E-state index contributed by atoms with van der Waals surface area (Å²) in [5, 5.41) is 0. The maximum absolute atomic E-state index is 13.8. The maximum atomic E-state index is 13.8. The van der Waals surface area contributed by atoms with Gasteiger partial charge in [-0.25, -0.2) is 4.39 Å². The number of likely N-dealkylation sites (tertiary alicyclic amines) is 1. The van der Waals surface area contributed by atoms with E-state index in [9.17, 15) is 4.39 Å². The SMILES string of the molecule is Cc1ccc(C2C(CN)CCN2C2CC2)cc1F. The molecule has 0 spiro atoms. The molecule has 1 saturated heterocycles. The minimum absolute atomic E-state index is 0.0917. The minimum Gasteiger partial charge on any atom is -0.330 e. The summed E-state index contributed by atoms with van der Waals surface area (Å²) in [5.41, 5.74) is 7.72. The van der Waals surface area contributed by atoms with Gasteiger partial charge in [-0.1, -0.05) is 12.1 Å². The molecule has 0 bridgehead atoms. The van der Waals surface area contributed by atoms with Crippen molar-refractivity contribution in [3.05, 3.63) is 35.1 Å². The Bertz CT molecular complexity index is 442. The van der Waals surface area contributed by atoms with Gasteiger partial charge in [0.15, 0.2) is 0 Å². The molecule has 3 heteroatoms. The van der Waals surface area contributed by atoms with Crippen molar-refractivity contribution >= 4 is 0 Å². The first kappa shape index (κ1) is 12.1. The molecule has 1 heterocycles. The van der Waals surface area contributed by atoms with E-state index in [0.29, 0.717) is 18.5 Å². The van der Waals surface area contributed by atoms with Crippen LogP contribution in [0, 0.1) is 18.7 Å². The summed E-state index contributed by atoms with van der Waals surface area (Å²) in [4.78, 5) is 2.54. The third-order valence-corrected chi connectivity index (χ3v) is 4.42. The highest BCUT2D eigenvalue weighted by Gasteiger charge is 2.42. The Morgan fingerprint density at radius 3 is 2.72 bits per heavy atom. The van der Waals surface area contributed by atoms with Crippen molar-refractivity contribution in [2.75, 3.05) is 13.1 Å². The lowest BCUT2D eigenvalue weighted by atomic mass is 9.93. The zero-order valence-corrected chi connectivity index (χ0v) is 10.9. The van der Waals surface area contributed by atoms with Gasteiger partial charge in [0, 0.05) is 12.1 Å². The highest BCUT2D eigenvalue weighted by molar-refractivity contribution is 5.27. The van der Waals surface area contributed by atoms with E-state index >= 15 is 0 Å². The standard InChI is InChI=1S/C15H21FN2/c1-10-2-3-11(8-14(10)16)15-12(9-17)6-7-18(15)13-4-5-13/h2-3,8,12-13,15H,4-7,9,17H2,1H3. The van der Waals surface area contributed by atoms with Crippen molar-refractivity contribution in [3.8, 4) is 0 Å². The molecule has 0 amide bonds. The minimum atomic E-state index is -0.0917. The third kappa shape index (κ3) is 2.06.